The van der Waals surface area contributed by atoms with Crippen LogP contribution in [0, 0.1) is 11.3 Å². The smallest absolute Gasteiger partial charge is 0.146 e. The third-order valence-electron chi connectivity index (χ3n) is 6.26. The number of aliphatic hydroxyl groups excluding tert-OH is 1. The van der Waals surface area contributed by atoms with Crippen LogP contribution in [-0.2, 0) is 0 Å². The van der Waals surface area contributed by atoms with Crippen LogP contribution < -0.4 is 9.64 Å². The minimum absolute atomic E-state index is 0.0178. The molecular formula is C25H22Cl2N6O2. The van der Waals surface area contributed by atoms with Gasteiger partial charge in [0.25, 0.3) is 0 Å². The van der Waals surface area contributed by atoms with Crippen molar-refractivity contribution in [1.82, 2.24) is 20.2 Å². The van der Waals surface area contributed by atoms with Crippen molar-refractivity contribution in [1.29, 1.82) is 5.26 Å². The number of ether oxygens (including phenoxy) is 1. The number of rotatable bonds is 6. The van der Waals surface area contributed by atoms with E-state index in [4.69, 9.17) is 27.9 Å². The van der Waals surface area contributed by atoms with Crippen LogP contribution in [0.4, 0.5) is 5.82 Å². The molecule has 0 saturated carbocycles. The Bertz CT molecular complexity index is 1410. The highest BCUT2D eigenvalue weighted by Gasteiger charge is 2.27. The van der Waals surface area contributed by atoms with Crippen LogP contribution in [0.2, 0.25) is 10.0 Å². The van der Waals surface area contributed by atoms with Crippen molar-refractivity contribution in [2.24, 2.45) is 0 Å². The summed E-state index contributed by atoms with van der Waals surface area (Å²) >= 11 is 12.6. The van der Waals surface area contributed by atoms with Gasteiger partial charge in [0.1, 0.15) is 29.4 Å². The first kappa shape index (κ1) is 23.4. The summed E-state index contributed by atoms with van der Waals surface area (Å²) in [5.74, 6) is 1.21. The zero-order valence-corrected chi connectivity index (χ0v) is 20.4. The third-order valence-corrected chi connectivity index (χ3v) is 6.87. The number of hydrogen-bond acceptors (Lipinski definition) is 7. The predicted octanol–water partition coefficient (Wildman–Crippen LogP) is 5.30. The van der Waals surface area contributed by atoms with E-state index in [1.807, 2.05) is 30.0 Å². The van der Waals surface area contributed by atoms with Gasteiger partial charge in [0.15, 0.2) is 0 Å². The molecule has 0 aliphatic carbocycles. The number of pyridine rings is 2. The summed E-state index contributed by atoms with van der Waals surface area (Å²) in [4.78, 5) is 10.6. The number of fused-ring (bicyclic) bond motifs is 1. The summed E-state index contributed by atoms with van der Waals surface area (Å²) in [6.45, 7) is 2.67. The summed E-state index contributed by atoms with van der Waals surface area (Å²) < 4.78 is 6.15. The van der Waals surface area contributed by atoms with Crippen molar-refractivity contribution in [3.05, 3.63) is 64.0 Å². The molecule has 0 spiro atoms. The van der Waals surface area contributed by atoms with Crippen molar-refractivity contribution in [2.45, 2.75) is 31.9 Å². The quantitative estimate of drug-likeness (QED) is 0.363. The summed E-state index contributed by atoms with van der Waals surface area (Å²) in [7, 11) is 0. The lowest BCUT2D eigenvalue weighted by Gasteiger charge is -2.25. The fourth-order valence-corrected chi connectivity index (χ4v) is 5.23. The Morgan fingerprint density at radius 3 is 2.80 bits per heavy atom. The van der Waals surface area contributed by atoms with E-state index in [0.717, 1.165) is 30.3 Å². The molecule has 0 radical (unpaired) electrons. The van der Waals surface area contributed by atoms with Gasteiger partial charge in [-0.1, -0.05) is 23.2 Å². The summed E-state index contributed by atoms with van der Waals surface area (Å²) in [5, 5.41) is 28.7. The second-order valence-corrected chi connectivity index (χ2v) is 9.25. The van der Waals surface area contributed by atoms with Crippen LogP contribution in [0.1, 0.15) is 37.0 Å². The number of nitrogens with one attached hydrogen (secondary N) is 1. The molecule has 1 aromatic carbocycles. The van der Waals surface area contributed by atoms with Gasteiger partial charge < -0.3 is 14.7 Å². The molecule has 10 heteroatoms. The van der Waals surface area contributed by atoms with E-state index in [2.05, 4.69) is 26.2 Å². The average molecular weight is 509 g/mol. The van der Waals surface area contributed by atoms with E-state index in [1.54, 1.807) is 12.3 Å². The second kappa shape index (κ2) is 9.70. The van der Waals surface area contributed by atoms with Crippen molar-refractivity contribution in [2.75, 3.05) is 18.1 Å². The SMILES string of the molecule is C[C@@H](Oc1ccc2[nH]nc(-c3cnc(N4CCC[C@@H]4CO)c(C#N)c3)c2c1)c1c(Cl)cncc1Cl. The molecular weight excluding hydrogens is 487 g/mol. The molecule has 8 nitrogen and oxygen atoms in total. The molecule has 1 aliphatic rings. The number of hydrogen-bond donors (Lipinski definition) is 2. The third kappa shape index (κ3) is 4.39. The minimum atomic E-state index is -0.406. The van der Waals surface area contributed by atoms with Crippen LogP contribution >= 0.6 is 23.2 Å². The van der Waals surface area contributed by atoms with E-state index in [-0.39, 0.29) is 12.6 Å². The highest BCUT2D eigenvalue weighted by atomic mass is 35.5. The highest BCUT2D eigenvalue weighted by Crippen LogP contribution is 2.36. The van der Waals surface area contributed by atoms with Gasteiger partial charge >= 0.3 is 0 Å². The molecule has 4 aromatic rings. The zero-order valence-electron chi connectivity index (χ0n) is 18.9. The standard InChI is InChI=1S/C25H22Cl2N6O2/c1-14(23-20(26)11-29-12-21(23)27)35-18-4-5-22-19(8-18)24(32-31-22)16-7-15(9-28)25(30-10-16)33-6-2-3-17(33)13-34/h4-5,7-8,10-12,14,17,34H,2-3,6,13H2,1H3,(H,31,32)/t14-,17-/m1/s1. The molecule has 0 unspecified atom stereocenters. The molecule has 0 bridgehead atoms. The molecule has 1 aliphatic heterocycles. The Kier molecular flexibility index (Phi) is 6.48. The van der Waals surface area contributed by atoms with Gasteiger partial charge in [0.05, 0.1) is 33.8 Å². The first-order valence-corrected chi connectivity index (χ1v) is 12.0. The molecule has 3 aromatic heterocycles. The van der Waals surface area contributed by atoms with Gasteiger partial charge in [-0.15, -0.1) is 0 Å². The largest absolute Gasteiger partial charge is 0.486 e. The molecule has 178 valence electrons. The second-order valence-electron chi connectivity index (χ2n) is 8.44. The molecule has 4 heterocycles. The first-order chi connectivity index (χ1) is 17.0. The van der Waals surface area contributed by atoms with Gasteiger partial charge in [0.2, 0.25) is 0 Å². The Labute approximate surface area is 212 Å². The summed E-state index contributed by atoms with van der Waals surface area (Å²) in [6, 6.07) is 9.63. The number of nitrogens with zero attached hydrogens (tertiary/aromatic N) is 5. The predicted molar refractivity (Wildman–Crippen MR) is 135 cm³/mol. The molecule has 2 N–H and O–H groups in total. The van der Waals surface area contributed by atoms with E-state index in [1.165, 1.54) is 12.4 Å². The number of halogens is 2. The lowest BCUT2D eigenvalue weighted by Crippen LogP contribution is -2.33. The maximum atomic E-state index is 9.82. The number of H-pyrrole nitrogens is 1. The van der Waals surface area contributed by atoms with Crippen LogP contribution in [0.25, 0.3) is 22.2 Å². The van der Waals surface area contributed by atoms with Gasteiger partial charge in [-0.2, -0.15) is 10.4 Å². The fraction of sp³-hybridized carbons (Fsp3) is 0.280. The molecule has 2 atom stereocenters. The topological polar surface area (TPSA) is 111 Å². The number of aliphatic hydroxyl groups is 1. The van der Waals surface area contributed by atoms with Crippen LogP contribution in [-0.4, -0.2) is 44.5 Å². The molecule has 1 fully saturated rings. The average Bonchev–Trinajstić information content (AvgIpc) is 3.50. The van der Waals surface area contributed by atoms with Crippen molar-refractivity contribution < 1.29 is 9.84 Å². The van der Waals surface area contributed by atoms with E-state index >= 15 is 0 Å². The first-order valence-electron chi connectivity index (χ1n) is 11.2. The van der Waals surface area contributed by atoms with E-state index in [0.29, 0.717) is 44.0 Å². The molecule has 1 saturated heterocycles. The van der Waals surface area contributed by atoms with Crippen LogP contribution in [0.3, 0.4) is 0 Å². The number of benzene rings is 1. The van der Waals surface area contributed by atoms with E-state index in [9.17, 15) is 10.4 Å². The van der Waals surface area contributed by atoms with Gasteiger partial charge in [0, 0.05) is 41.6 Å². The number of nitriles is 1. The Morgan fingerprint density at radius 1 is 1.26 bits per heavy atom. The summed E-state index contributed by atoms with van der Waals surface area (Å²) in [6.07, 6.45) is 6.22. The van der Waals surface area contributed by atoms with Crippen LogP contribution in [0.15, 0.2) is 42.9 Å². The Balaban J connectivity index is 1.48. The van der Waals surface area contributed by atoms with E-state index < -0.39 is 6.10 Å². The lowest BCUT2D eigenvalue weighted by atomic mass is 10.1. The Morgan fingerprint density at radius 2 is 2.06 bits per heavy atom. The lowest BCUT2D eigenvalue weighted by molar-refractivity contribution is 0.227. The zero-order chi connectivity index (χ0) is 24.5. The van der Waals surface area contributed by atoms with Crippen LogP contribution in [0.5, 0.6) is 5.75 Å². The van der Waals surface area contributed by atoms with Crippen molar-refractivity contribution >= 4 is 39.9 Å². The highest BCUT2D eigenvalue weighted by molar-refractivity contribution is 6.35. The number of anilines is 1. The van der Waals surface area contributed by atoms with Crippen molar-refractivity contribution in [3.8, 4) is 23.1 Å². The Hall–Kier alpha value is -3.38. The number of aromatic nitrogens is 4. The maximum absolute atomic E-state index is 9.82. The van der Waals surface area contributed by atoms with Gasteiger partial charge in [-0.05, 0) is 44.0 Å². The van der Waals surface area contributed by atoms with Gasteiger partial charge in [-0.25, -0.2) is 4.98 Å². The number of aromatic amines is 1. The van der Waals surface area contributed by atoms with Gasteiger partial charge in [-0.3, -0.25) is 10.1 Å². The summed E-state index contributed by atoms with van der Waals surface area (Å²) in [5.41, 5.74) is 3.30. The van der Waals surface area contributed by atoms with Crippen molar-refractivity contribution in [3.63, 3.8) is 0 Å². The fourth-order valence-electron chi connectivity index (χ4n) is 4.56. The monoisotopic (exact) mass is 508 g/mol. The minimum Gasteiger partial charge on any atom is -0.486 e. The maximum Gasteiger partial charge on any atom is 0.146 e. The molecule has 5 rings (SSSR count). The molecule has 35 heavy (non-hydrogen) atoms. The molecule has 0 amide bonds. The normalized spacial score (nSPS) is 16.4.